The van der Waals surface area contributed by atoms with E-state index in [1.807, 2.05) is 52.0 Å². The molecule has 3 N–H and O–H groups in total. The van der Waals surface area contributed by atoms with Gasteiger partial charge in [0.1, 0.15) is 12.4 Å². The Morgan fingerprint density at radius 1 is 1.14 bits per heavy atom. The van der Waals surface area contributed by atoms with Gasteiger partial charge in [-0.3, -0.25) is 0 Å². The molecule has 2 rings (SSSR count). The number of hydrogen-bond acceptors (Lipinski definition) is 5. The van der Waals surface area contributed by atoms with Crippen molar-refractivity contribution < 1.29 is 19.2 Å². The largest absolute Gasteiger partial charge is 0.494 e. The molecule has 2 atom stereocenters. The van der Waals surface area contributed by atoms with E-state index in [-0.39, 0.29) is 24.9 Å². The lowest BCUT2D eigenvalue weighted by molar-refractivity contribution is 0.00578. The molecule has 0 unspecified atom stereocenters. The van der Waals surface area contributed by atoms with E-state index in [1.165, 1.54) is 0 Å². The summed E-state index contributed by atoms with van der Waals surface area (Å²) in [6.45, 7) is 10.0. The summed E-state index contributed by atoms with van der Waals surface area (Å²) in [5.74, 6) is 0.705. The summed E-state index contributed by atoms with van der Waals surface area (Å²) in [5, 5.41) is 9.35. The van der Waals surface area contributed by atoms with Crippen molar-refractivity contribution in [3.8, 4) is 5.75 Å². The maximum Gasteiger partial charge on any atom is 0.494 e. The van der Waals surface area contributed by atoms with Gasteiger partial charge >= 0.3 is 7.12 Å². The van der Waals surface area contributed by atoms with E-state index in [4.69, 9.17) is 19.8 Å². The van der Waals surface area contributed by atoms with Gasteiger partial charge in [-0.1, -0.05) is 12.1 Å². The van der Waals surface area contributed by atoms with Crippen molar-refractivity contribution in [2.24, 2.45) is 5.73 Å². The molecule has 0 spiro atoms. The van der Waals surface area contributed by atoms with Crippen LogP contribution in [-0.4, -0.2) is 42.2 Å². The van der Waals surface area contributed by atoms with Crippen molar-refractivity contribution >= 4 is 12.6 Å². The Morgan fingerprint density at radius 3 is 2.09 bits per heavy atom. The van der Waals surface area contributed by atoms with Crippen LogP contribution in [0.4, 0.5) is 0 Å². The number of rotatable bonds is 5. The SMILES string of the molecule is C[C@H](O)[C@@H](N)COc1ccc(B2OC(C)(C)C(C)(C)O2)cc1. The number of hydrogen-bond donors (Lipinski definition) is 2. The molecule has 0 saturated carbocycles. The van der Waals surface area contributed by atoms with E-state index in [9.17, 15) is 5.11 Å². The van der Waals surface area contributed by atoms with Crippen molar-refractivity contribution in [2.75, 3.05) is 6.61 Å². The highest BCUT2D eigenvalue weighted by atomic mass is 16.7. The van der Waals surface area contributed by atoms with Crippen LogP contribution in [0.5, 0.6) is 5.75 Å². The first kappa shape index (κ1) is 17.3. The molecule has 0 bridgehead atoms. The second-order valence-electron chi connectivity index (χ2n) is 6.87. The van der Waals surface area contributed by atoms with Gasteiger partial charge < -0.3 is 24.9 Å². The van der Waals surface area contributed by atoms with Gasteiger partial charge in [-0.15, -0.1) is 0 Å². The van der Waals surface area contributed by atoms with E-state index < -0.39 is 12.1 Å². The molecular weight excluding hydrogens is 281 g/mol. The molecule has 1 saturated heterocycles. The van der Waals surface area contributed by atoms with E-state index in [1.54, 1.807) is 6.92 Å². The van der Waals surface area contributed by atoms with Gasteiger partial charge in [0, 0.05) is 0 Å². The summed E-state index contributed by atoms with van der Waals surface area (Å²) in [4.78, 5) is 0. The lowest BCUT2D eigenvalue weighted by Gasteiger charge is -2.32. The first-order chi connectivity index (χ1) is 10.1. The number of aliphatic hydroxyl groups excluding tert-OH is 1. The first-order valence-electron chi connectivity index (χ1n) is 7.64. The minimum absolute atomic E-state index is 0.271. The second kappa shape index (κ2) is 6.20. The van der Waals surface area contributed by atoms with Crippen LogP contribution in [0, 0.1) is 0 Å². The van der Waals surface area contributed by atoms with Crippen LogP contribution >= 0.6 is 0 Å². The van der Waals surface area contributed by atoms with Gasteiger partial charge in [0.25, 0.3) is 0 Å². The maximum absolute atomic E-state index is 9.35. The summed E-state index contributed by atoms with van der Waals surface area (Å²) in [7, 11) is -0.376. The number of nitrogens with two attached hydrogens (primary N) is 1. The molecule has 6 heteroatoms. The minimum Gasteiger partial charge on any atom is -0.492 e. The van der Waals surface area contributed by atoms with Crippen LogP contribution < -0.4 is 15.9 Å². The Morgan fingerprint density at radius 2 is 1.64 bits per heavy atom. The van der Waals surface area contributed by atoms with Crippen molar-refractivity contribution in [3.63, 3.8) is 0 Å². The Bertz CT molecular complexity index is 485. The molecule has 22 heavy (non-hydrogen) atoms. The van der Waals surface area contributed by atoms with Crippen LogP contribution in [0.15, 0.2) is 24.3 Å². The van der Waals surface area contributed by atoms with Crippen molar-refractivity contribution in [1.29, 1.82) is 0 Å². The van der Waals surface area contributed by atoms with Gasteiger partial charge in [0.2, 0.25) is 0 Å². The highest BCUT2D eigenvalue weighted by Gasteiger charge is 2.51. The standard InChI is InChI=1S/C16H26BNO4/c1-11(19)14(18)10-20-13-8-6-12(7-9-13)17-21-15(2,3)16(4,5)22-17/h6-9,11,14,19H,10,18H2,1-5H3/t11-,14-/m0/s1. The fourth-order valence-electron chi connectivity index (χ4n) is 2.03. The van der Waals surface area contributed by atoms with Crippen molar-refractivity contribution in [1.82, 2.24) is 0 Å². The molecule has 5 nitrogen and oxygen atoms in total. The second-order valence-corrected chi connectivity index (χ2v) is 6.87. The molecule has 1 aliphatic rings. The van der Waals surface area contributed by atoms with Crippen LogP contribution in [0.2, 0.25) is 0 Å². The van der Waals surface area contributed by atoms with Crippen LogP contribution in [0.3, 0.4) is 0 Å². The lowest BCUT2D eigenvalue weighted by Crippen LogP contribution is -2.41. The Kier molecular flexibility index (Phi) is 4.87. The lowest BCUT2D eigenvalue weighted by atomic mass is 9.79. The summed E-state index contributed by atoms with van der Waals surface area (Å²) in [6.07, 6.45) is -0.593. The zero-order valence-electron chi connectivity index (χ0n) is 14.0. The number of aliphatic hydroxyl groups is 1. The van der Waals surface area contributed by atoms with E-state index in [0.29, 0.717) is 5.75 Å². The smallest absolute Gasteiger partial charge is 0.492 e. The molecule has 0 aromatic heterocycles. The Balaban J connectivity index is 1.98. The minimum atomic E-state index is -0.593. The first-order valence-corrected chi connectivity index (χ1v) is 7.64. The molecule has 122 valence electrons. The third-order valence-corrected chi connectivity index (χ3v) is 4.47. The normalized spacial score (nSPS) is 22.4. The van der Waals surface area contributed by atoms with Crippen molar-refractivity contribution in [2.45, 2.75) is 58.0 Å². The monoisotopic (exact) mass is 307 g/mol. The molecule has 1 aromatic rings. The molecule has 1 heterocycles. The third kappa shape index (κ3) is 3.63. The molecule has 1 fully saturated rings. The van der Waals surface area contributed by atoms with Crippen LogP contribution in [-0.2, 0) is 9.31 Å². The van der Waals surface area contributed by atoms with Crippen molar-refractivity contribution in [3.05, 3.63) is 24.3 Å². The summed E-state index contributed by atoms with van der Waals surface area (Å²) in [5.41, 5.74) is 5.99. The molecule has 1 aromatic carbocycles. The van der Waals surface area contributed by atoms with Gasteiger partial charge in [-0.05, 0) is 52.2 Å². The Labute approximate surface area is 132 Å². The number of benzene rings is 1. The van der Waals surface area contributed by atoms with E-state index >= 15 is 0 Å². The highest BCUT2D eigenvalue weighted by molar-refractivity contribution is 6.62. The third-order valence-electron chi connectivity index (χ3n) is 4.47. The fraction of sp³-hybridized carbons (Fsp3) is 0.625. The zero-order chi connectivity index (χ0) is 16.5. The average molecular weight is 307 g/mol. The van der Waals surface area contributed by atoms with Gasteiger partial charge in [0.05, 0.1) is 23.3 Å². The summed E-state index contributed by atoms with van der Waals surface area (Å²) in [6, 6.07) is 7.16. The highest BCUT2D eigenvalue weighted by Crippen LogP contribution is 2.36. The predicted octanol–water partition coefficient (Wildman–Crippen LogP) is 1.07. The average Bonchev–Trinajstić information content (AvgIpc) is 2.65. The van der Waals surface area contributed by atoms with E-state index in [0.717, 1.165) is 5.46 Å². The quantitative estimate of drug-likeness (QED) is 0.796. The molecule has 1 aliphatic heterocycles. The molecule has 0 aliphatic carbocycles. The van der Waals surface area contributed by atoms with Crippen LogP contribution in [0.25, 0.3) is 0 Å². The van der Waals surface area contributed by atoms with Gasteiger partial charge in [-0.2, -0.15) is 0 Å². The van der Waals surface area contributed by atoms with Crippen LogP contribution in [0.1, 0.15) is 34.6 Å². The zero-order valence-corrected chi connectivity index (χ0v) is 14.0. The molecular formula is C16H26BNO4. The summed E-state index contributed by atoms with van der Waals surface area (Å²) >= 11 is 0. The van der Waals surface area contributed by atoms with E-state index in [2.05, 4.69) is 0 Å². The fourth-order valence-corrected chi connectivity index (χ4v) is 2.03. The van der Waals surface area contributed by atoms with Gasteiger partial charge in [0.15, 0.2) is 0 Å². The molecule has 0 amide bonds. The summed E-state index contributed by atoms with van der Waals surface area (Å²) < 4.78 is 17.6. The molecule has 0 radical (unpaired) electrons. The maximum atomic E-state index is 9.35. The Hall–Kier alpha value is -1.08. The topological polar surface area (TPSA) is 73.9 Å². The number of ether oxygens (including phenoxy) is 1. The van der Waals surface area contributed by atoms with Gasteiger partial charge in [-0.25, -0.2) is 0 Å². The predicted molar refractivity (Wildman–Crippen MR) is 87.3 cm³/mol.